The van der Waals surface area contributed by atoms with Gasteiger partial charge in [-0.25, -0.2) is 0 Å². The minimum atomic E-state index is -0.417. The van der Waals surface area contributed by atoms with Crippen LogP contribution < -0.4 is 16.6 Å². The Morgan fingerprint density at radius 1 is 1.29 bits per heavy atom. The number of hydrogen-bond acceptors (Lipinski definition) is 3. The van der Waals surface area contributed by atoms with E-state index in [1.165, 1.54) is 5.56 Å². The fraction of sp³-hybridized carbons (Fsp3) is 0.375. The molecule has 1 heterocycles. The average molecular weight is 287 g/mol. The van der Waals surface area contributed by atoms with Crippen molar-refractivity contribution in [3.63, 3.8) is 0 Å². The Morgan fingerprint density at radius 3 is 2.62 bits per heavy atom. The van der Waals surface area contributed by atoms with Crippen LogP contribution in [0.2, 0.25) is 0 Å². The zero-order valence-electron chi connectivity index (χ0n) is 12.6. The molecule has 112 valence electrons. The van der Waals surface area contributed by atoms with E-state index in [0.29, 0.717) is 6.54 Å². The number of carbonyl (C=O) groups excluding carboxylic acids is 1. The lowest BCUT2D eigenvalue weighted by molar-refractivity contribution is -0.117. The third kappa shape index (κ3) is 3.70. The number of pyridine rings is 1. The smallest absolute Gasteiger partial charge is 0.248 e. The molecule has 5 heteroatoms. The first kappa shape index (κ1) is 15.3. The van der Waals surface area contributed by atoms with Crippen molar-refractivity contribution in [2.24, 2.45) is 5.73 Å². The summed E-state index contributed by atoms with van der Waals surface area (Å²) < 4.78 is 0. The Kier molecular flexibility index (Phi) is 4.14. The molecule has 0 aliphatic rings. The minimum Gasteiger partial charge on any atom is -0.369 e. The molecular weight excluding hydrogens is 266 g/mol. The molecule has 21 heavy (non-hydrogen) atoms. The number of aromatic amines is 1. The second-order valence-corrected chi connectivity index (χ2v) is 6.24. The van der Waals surface area contributed by atoms with Crippen LogP contribution in [0.3, 0.4) is 0 Å². The molecule has 0 aliphatic carbocycles. The van der Waals surface area contributed by atoms with Crippen molar-refractivity contribution in [1.82, 2.24) is 10.3 Å². The summed E-state index contributed by atoms with van der Waals surface area (Å²) in [6, 6.07) is 7.60. The Labute approximate surface area is 123 Å². The fourth-order valence-electron chi connectivity index (χ4n) is 2.26. The van der Waals surface area contributed by atoms with Gasteiger partial charge in [0.15, 0.2) is 0 Å². The van der Waals surface area contributed by atoms with E-state index in [9.17, 15) is 9.59 Å². The number of H-pyrrole nitrogens is 1. The van der Waals surface area contributed by atoms with E-state index in [2.05, 4.69) is 37.1 Å². The molecule has 0 aliphatic heterocycles. The van der Waals surface area contributed by atoms with Crippen molar-refractivity contribution in [1.29, 1.82) is 0 Å². The Morgan fingerprint density at radius 2 is 2.00 bits per heavy atom. The number of rotatable bonds is 4. The molecule has 0 bridgehead atoms. The summed E-state index contributed by atoms with van der Waals surface area (Å²) in [7, 11) is 0. The van der Waals surface area contributed by atoms with E-state index in [-0.39, 0.29) is 17.5 Å². The zero-order valence-corrected chi connectivity index (χ0v) is 12.6. The predicted molar refractivity (Wildman–Crippen MR) is 84.2 cm³/mol. The van der Waals surface area contributed by atoms with Crippen LogP contribution in [0.4, 0.5) is 0 Å². The van der Waals surface area contributed by atoms with Gasteiger partial charge in [-0.05, 0) is 28.7 Å². The second-order valence-electron chi connectivity index (χ2n) is 6.24. The molecule has 5 nitrogen and oxygen atoms in total. The lowest BCUT2D eigenvalue weighted by Crippen LogP contribution is -2.28. The molecule has 0 atom stereocenters. The topological polar surface area (TPSA) is 88.0 Å². The number of benzene rings is 1. The molecule has 1 aromatic heterocycles. The van der Waals surface area contributed by atoms with Gasteiger partial charge in [0, 0.05) is 23.5 Å². The molecule has 0 radical (unpaired) electrons. The molecule has 0 saturated carbocycles. The first-order valence-corrected chi connectivity index (χ1v) is 6.93. The van der Waals surface area contributed by atoms with Crippen molar-refractivity contribution < 1.29 is 4.79 Å². The van der Waals surface area contributed by atoms with Gasteiger partial charge in [0.05, 0.1) is 6.54 Å². The van der Waals surface area contributed by atoms with Crippen molar-refractivity contribution in [3.05, 3.63) is 45.7 Å². The molecule has 4 N–H and O–H groups in total. The van der Waals surface area contributed by atoms with Crippen molar-refractivity contribution in [2.75, 3.05) is 6.54 Å². The second kappa shape index (κ2) is 5.69. The third-order valence-corrected chi connectivity index (χ3v) is 3.41. The highest BCUT2D eigenvalue weighted by molar-refractivity contribution is 5.83. The van der Waals surface area contributed by atoms with Crippen LogP contribution in [0.25, 0.3) is 10.9 Å². The quantitative estimate of drug-likeness (QED) is 0.794. The van der Waals surface area contributed by atoms with Crippen LogP contribution in [0, 0.1) is 0 Å². The monoisotopic (exact) mass is 287 g/mol. The number of amides is 1. The summed E-state index contributed by atoms with van der Waals surface area (Å²) in [5.74, 6) is -0.417. The maximum Gasteiger partial charge on any atom is 0.248 e. The molecule has 0 fully saturated rings. The van der Waals surface area contributed by atoms with Gasteiger partial charge in [-0.15, -0.1) is 0 Å². The summed E-state index contributed by atoms with van der Waals surface area (Å²) in [4.78, 5) is 25.3. The van der Waals surface area contributed by atoms with Crippen LogP contribution in [0.15, 0.2) is 29.1 Å². The number of aromatic nitrogens is 1. The highest BCUT2D eigenvalue weighted by Crippen LogP contribution is 2.26. The van der Waals surface area contributed by atoms with E-state index in [1.807, 2.05) is 12.1 Å². The van der Waals surface area contributed by atoms with Crippen LogP contribution in [-0.4, -0.2) is 17.4 Å². The van der Waals surface area contributed by atoms with Crippen molar-refractivity contribution in [3.8, 4) is 0 Å². The van der Waals surface area contributed by atoms with E-state index in [1.54, 1.807) is 6.07 Å². The van der Waals surface area contributed by atoms with Crippen molar-refractivity contribution in [2.45, 2.75) is 32.7 Å². The first-order valence-electron chi connectivity index (χ1n) is 6.93. The van der Waals surface area contributed by atoms with Crippen LogP contribution in [0.1, 0.15) is 31.9 Å². The number of carbonyl (C=O) groups is 1. The summed E-state index contributed by atoms with van der Waals surface area (Å²) in [6.45, 7) is 6.95. The summed E-state index contributed by atoms with van der Waals surface area (Å²) >= 11 is 0. The Bertz CT molecular complexity index is 726. The number of primary amides is 1. The summed E-state index contributed by atoms with van der Waals surface area (Å²) in [5, 5.41) is 3.94. The zero-order chi connectivity index (χ0) is 15.6. The van der Waals surface area contributed by atoms with Gasteiger partial charge in [0.1, 0.15) is 0 Å². The van der Waals surface area contributed by atoms with Gasteiger partial charge in [-0.3, -0.25) is 9.59 Å². The lowest BCUT2D eigenvalue weighted by atomic mass is 9.86. The third-order valence-electron chi connectivity index (χ3n) is 3.41. The normalized spacial score (nSPS) is 11.8. The van der Waals surface area contributed by atoms with Gasteiger partial charge >= 0.3 is 0 Å². The summed E-state index contributed by atoms with van der Waals surface area (Å²) in [6.07, 6.45) is 0. The fourth-order valence-corrected chi connectivity index (χ4v) is 2.26. The predicted octanol–water partition coefficient (Wildman–Crippen LogP) is 1.40. The largest absolute Gasteiger partial charge is 0.369 e. The van der Waals surface area contributed by atoms with Gasteiger partial charge in [-0.1, -0.05) is 26.8 Å². The molecule has 1 aromatic carbocycles. The lowest BCUT2D eigenvalue weighted by Gasteiger charge is -2.20. The Balaban J connectivity index is 2.46. The standard InChI is InChI=1S/C16H21N3O2/c1-16(2,3)11-4-5-13-12(7-11)10(6-15(21)19-13)8-18-9-14(17)20/h4-7,18H,8-9H2,1-3H3,(H2,17,20)(H,19,21). The molecule has 1 amide bonds. The first-order chi connectivity index (χ1) is 9.77. The van der Waals surface area contributed by atoms with Gasteiger partial charge in [-0.2, -0.15) is 0 Å². The van der Waals surface area contributed by atoms with Crippen LogP contribution in [0.5, 0.6) is 0 Å². The van der Waals surface area contributed by atoms with E-state index in [0.717, 1.165) is 16.5 Å². The minimum absolute atomic E-state index is 0.0300. The van der Waals surface area contributed by atoms with Crippen molar-refractivity contribution >= 4 is 16.8 Å². The maximum absolute atomic E-state index is 11.7. The molecule has 0 saturated heterocycles. The highest BCUT2D eigenvalue weighted by Gasteiger charge is 2.15. The SMILES string of the molecule is CC(C)(C)c1ccc2[nH]c(=O)cc(CNCC(N)=O)c2c1. The highest BCUT2D eigenvalue weighted by atomic mass is 16.1. The number of fused-ring (bicyclic) bond motifs is 1. The van der Waals surface area contributed by atoms with Gasteiger partial charge < -0.3 is 16.0 Å². The summed E-state index contributed by atoms with van der Waals surface area (Å²) in [5.41, 5.74) is 7.84. The van der Waals surface area contributed by atoms with E-state index < -0.39 is 5.91 Å². The number of nitrogens with one attached hydrogen (secondary N) is 2. The van der Waals surface area contributed by atoms with Gasteiger partial charge in [0.2, 0.25) is 11.5 Å². The molecule has 2 aromatic rings. The van der Waals surface area contributed by atoms with Crippen LogP contribution in [-0.2, 0) is 16.8 Å². The Hall–Kier alpha value is -2.14. The molecule has 0 spiro atoms. The van der Waals surface area contributed by atoms with E-state index >= 15 is 0 Å². The molecule has 2 rings (SSSR count). The number of nitrogens with two attached hydrogens (primary N) is 1. The number of hydrogen-bond donors (Lipinski definition) is 3. The van der Waals surface area contributed by atoms with E-state index in [4.69, 9.17) is 5.73 Å². The molecule has 0 unspecified atom stereocenters. The average Bonchev–Trinajstić information content (AvgIpc) is 2.36. The maximum atomic E-state index is 11.7. The molecular formula is C16H21N3O2. The van der Waals surface area contributed by atoms with Gasteiger partial charge in [0.25, 0.3) is 0 Å². The van der Waals surface area contributed by atoms with Crippen LogP contribution >= 0.6 is 0 Å².